The second-order valence-corrected chi connectivity index (χ2v) is 7.83. The largest absolute Gasteiger partial charge is 0.297 e. The fraction of sp³-hybridized carbons (Fsp3) is 0.667. The van der Waals surface area contributed by atoms with Crippen molar-refractivity contribution in [3.8, 4) is 0 Å². The van der Waals surface area contributed by atoms with Gasteiger partial charge in [-0.3, -0.25) is 11.2 Å². The Morgan fingerprint density at radius 2 is 2.27 bits per heavy atom. The van der Waals surface area contributed by atoms with Crippen LogP contribution in [0.15, 0.2) is 34.9 Å². The quantitative estimate of drug-likeness (QED) is 0.321. The first-order chi connectivity index (χ1) is 10.5. The average molecular weight is 368 g/mol. The molecule has 4 unspecified atom stereocenters. The fourth-order valence-electron chi connectivity index (χ4n) is 3.65. The molecule has 4 heteroatoms. The molecule has 0 amide bonds. The second-order valence-electron chi connectivity index (χ2n) is 6.81. The molecule has 2 aliphatic carbocycles. The monoisotopic (exact) mass is 367 g/mol. The molecule has 22 heavy (non-hydrogen) atoms. The summed E-state index contributed by atoms with van der Waals surface area (Å²) < 4.78 is 1.29. The van der Waals surface area contributed by atoms with Crippen LogP contribution in [0.3, 0.4) is 0 Å². The zero-order valence-corrected chi connectivity index (χ0v) is 15.5. The molecule has 0 aromatic carbocycles. The Morgan fingerprint density at radius 1 is 1.50 bits per heavy atom. The highest BCUT2D eigenvalue weighted by atomic mass is 79.9. The molecule has 0 aliphatic heterocycles. The Labute approximate surface area is 143 Å². The summed E-state index contributed by atoms with van der Waals surface area (Å²) in [6, 6.07) is 0.403. The van der Waals surface area contributed by atoms with Crippen molar-refractivity contribution in [2.24, 2.45) is 17.7 Å². The maximum Gasteiger partial charge on any atom is 0.0770 e. The maximum atomic E-state index is 6.60. The molecular formula is C18H30BrN3. The lowest BCUT2D eigenvalue weighted by Crippen LogP contribution is -2.59. The van der Waals surface area contributed by atoms with Gasteiger partial charge in [-0.1, -0.05) is 46.7 Å². The van der Waals surface area contributed by atoms with E-state index in [1.165, 1.54) is 10.1 Å². The standard InChI is InChI=1S/C18H30BrN3/c1-4-10-21-18(17-11-13(2)8-9-14(17)3)22(20)16-7-5-6-15(19)12-16/h4,6,8,14,16-18,21H,1,5,7,9-12,20H2,2-3H3. The van der Waals surface area contributed by atoms with Crippen molar-refractivity contribution in [3.05, 3.63) is 34.9 Å². The molecule has 2 rings (SSSR count). The lowest BCUT2D eigenvalue weighted by molar-refractivity contribution is 0.0410. The third-order valence-electron chi connectivity index (χ3n) is 5.04. The van der Waals surface area contributed by atoms with Gasteiger partial charge in [0.25, 0.3) is 0 Å². The van der Waals surface area contributed by atoms with Crippen LogP contribution in [0.4, 0.5) is 0 Å². The first-order valence-electron chi connectivity index (χ1n) is 8.40. The van der Waals surface area contributed by atoms with Gasteiger partial charge in [0.05, 0.1) is 6.17 Å². The predicted molar refractivity (Wildman–Crippen MR) is 98.3 cm³/mol. The van der Waals surface area contributed by atoms with Gasteiger partial charge in [-0.05, 0) is 55.3 Å². The van der Waals surface area contributed by atoms with E-state index in [1.807, 2.05) is 6.08 Å². The minimum atomic E-state index is 0.208. The summed E-state index contributed by atoms with van der Waals surface area (Å²) in [4.78, 5) is 0. The van der Waals surface area contributed by atoms with E-state index < -0.39 is 0 Å². The smallest absolute Gasteiger partial charge is 0.0770 e. The van der Waals surface area contributed by atoms with Gasteiger partial charge in [-0.25, -0.2) is 5.01 Å². The number of nitrogens with two attached hydrogens (primary N) is 1. The van der Waals surface area contributed by atoms with Crippen molar-refractivity contribution in [2.75, 3.05) is 6.54 Å². The highest BCUT2D eigenvalue weighted by Gasteiger charge is 2.34. The minimum Gasteiger partial charge on any atom is -0.297 e. The molecule has 0 bridgehead atoms. The van der Waals surface area contributed by atoms with E-state index in [2.05, 4.69) is 58.8 Å². The van der Waals surface area contributed by atoms with Gasteiger partial charge in [-0.15, -0.1) is 6.58 Å². The van der Waals surface area contributed by atoms with E-state index in [1.54, 1.807) is 0 Å². The van der Waals surface area contributed by atoms with Crippen molar-refractivity contribution >= 4 is 15.9 Å². The van der Waals surface area contributed by atoms with Crippen LogP contribution in [0.2, 0.25) is 0 Å². The van der Waals surface area contributed by atoms with Gasteiger partial charge in [0.15, 0.2) is 0 Å². The van der Waals surface area contributed by atoms with Gasteiger partial charge in [0.2, 0.25) is 0 Å². The normalized spacial score (nSPS) is 30.7. The molecule has 124 valence electrons. The number of hydrogen-bond donors (Lipinski definition) is 2. The Kier molecular flexibility index (Phi) is 6.87. The first-order valence-corrected chi connectivity index (χ1v) is 9.19. The molecule has 3 nitrogen and oxygen atoms in total. The van der Waals surface area contributed by atoms with E-state index in [0.29, 0.717) is 17.9 Å². The van der Waals surface area contributed by atoms with Crippen molar-refractivity contribution in [3.63, 3.8) is 0 Å². The van der Waals surface area contributed by atoms with E-state index in [0.717, 1.165) is 38.6 Å². The first kappa shape index (κ1) is 17.9. The third kappa shape index (κ3) is 4.54. The van der Waals surface area contributed by atoms with Gasteiger partial charge in [0, 0.05) is 12.6 Å². The highest BCUT2D eigenvalue weighted by Crippen LogP contribution is 2.34. The predicted octanol–water partition coefficient (Wildman–Crippen LogP) is 4.09. The second kappa shape index (κ2) is 8.44. The lowest BCUT2D eigenvalue weighted by atomic mass is 9.78. The van der Waals surface area contributed by atoms with Gasteiger partial charge >= 0.3 is 0 Å². The Morgan fingerprint density at radius 3 is 2.95 bits per heavy atom. The fourth-order valence-corrected chi connectivity index (χ4v) is 4.25. The molecule has 0 fully saturated rings. The zero-order valence-electron chi connectivity index (χ0n) is 13.9. The molecule has 0 aromatic rings. The number of rotatable bonds is 6. The topological polar surface area (TPSA) is 41.3 Å². The summed E-state index contributed by atoms with van der Waals surface area (Å²) in [5, 5.41) is 5.72. The number of nitrogens with one attached hydrogen (secondary N) is 1. The molecule has 4 atom stereocenters. The van der Waals surface area contributed by atoms with Gasteiger partial charge in [-0.2, -0.15) is 0 Å². The molecule has 0 radical (unpaired) electrons. The van der Waals surface area contributed by atoms with Crippen LogP contribution < -0.4 is 11.2 Å². The summed E-state index contributed by atoms with van der Waals surface area (Å²) in [6.45, 7) is 9.23. The van der Waals surface area contributed by atoms with E-state index in [4.69, 9.17) is 5.84 Å². The van der Waals surface area contributed by atoms with E-state index in [9.17, 15) is 0 Å². The molecule has 2 aliphatic rings. The Bertz CT molecular complexity index is 444. The van der Waals surface area contributed by atoms with Crippen LogP contribution in [-0.2, 0) is 0 Å². The molecule has 0 heterocycles. The van der Waals surface area contributed by atoms with Crippen LogP contribution in [0, 0.1) is 11.8 Å². The summed E-state index contributed by atoms with van der Waals surface area (Å²) in [5.74, 6) is 7.81. The zero-order chi connectivity index (χ0) is 16.1. The minimum absolute atomic E-state index is 0.208. The van der Waals surface area contributed by atoms with Crippen LogP contribution in [0.1, 0.15) is 46.0 Å². The molecule has 3 N–H and O–H groups in total. The average Bonchev–Trinajstić information content (AvgIpc) is 2.50. The van der Waals surface area contributed by atoms with Crippen molar-refractivity contribution in [2.45, 2.75) is 58.2 Å². The maximum absolute atomic E-state index is 6.60. The van der Waals surface area contributed by atoms with Crippen molar-refractivity contribution in [1.29, 1.82) is 0 Å². The molecule has 0 saturated carbocycles. The number of nitrogens with zero attached hydrogens (tertiary/aromatic N) is 1. The third-order valence-corrected chi connectivity index (χ3v) is 5.69. The van der Waals surface area contributed by atoms with E-state index in [-0.39, 0.29) is 6.17 Å². The number of hydrogen-bond acceptors (Lipinski definition) is 3. The lowest BCUT2D eigenvalue weighted by Gasteiger charge is -2.43. The Balaban J connectivity index is 2.12. The van der Waals surface area contributed by atoms with E-state index >= 15 is 0 Å². The summed E-state index contributed by atoms with van der Waals surface area (Å²) in [6.07, 6.45) is 12.3. The summed E-state index contributed by atoms with van der Waals surface area (Å²) >= 11 is 3.65. The van der Waals surface area contributed by atoms with Gasteiger partial charge < -0.3 is 0 Å². The summed E-state index contributed by atoms with van der Waals surface area (Å²) in [7, 11) is 0. The number of hydrazine groups is 1. The molecular weight excluding hydrogens is 338 g/mol. The van der Waals surface area contributed by atoms with Crippen LogP contribution >= 0.6 is 15.9 Å². The molecule has 0 aromatic heterocycles. The Hall–Kier alpha value is -0.420. The van der Waals surface area contributed by atoms with Crippen molar-refractivity contribution in [1.82, 2.24) is 10.3 Å². The van der Waals surface area contributed by atoms with Crippen LogP contribution in [0.5, 0.6) is 0 Å². The van der Waals surface area contributed by atoms with Crippen LogP contribution in [0.25, 0.3) is 0 Å². The SMILES string of the molecule is C=CCNC(C1CC(C)=CCC1C)N(N)C1CCC=C(Br)C1. The number of halogens is 1. The summed E-state index contributed by atoms with van der Waals surface area (Å²) in [5.41, 5.74) is 1.49. The molecule has 0 saturated heterocycles. The van der Waals surface area contributed by atoms with Gasteiger partial charge in [0.1, 0.15) is 0 Å². The number of allylic oxidation sites excluding steroid dienone is 3. The van der Waals surface area contributed by atoms with Crippen molar-refractivity contribution < 1.29 is 0 Å². The molecule has 0 spiro atoms. The highest BCUT2D eigenvalue weighted by molar-refractivity contribution is 9.11. The van der Waals surface area contributed by atoms with Crippen LogP contribution in [-0.4, -0.2) is 23.8 Å².